The Bertz CT molecular complexity index is 627. The molecule has 1 saturated heterocycles. The molecule has 0 unspecified atom stereocenters. The van der Waals surface area contributed by atoms with Crippen molar-refractivity contribution in [1.29, 1.82) is 0 Å². The molecule has 1 atom stereocenters. The molecule has 1 aliphatic heterocycles. The van der Waals surface area contributed by atoms with Crippen LogP contribution in [-0.2, 0) is 11.3 Å². The molecule has 0 spiro atoms. The van der Waals surface area contributed by atoms with Gasteiger partial charge >= 0.3 is 0 Å². The van der Waals surface area contributed by atoms with Crippen LogP contribution in [0.25, 0.3) is 11.3 Å². The predicted molar refractivity (Wildman–Crippen MR) is 75.7 cm³/mol. The van der Waals surface area contributed by atoms with Crippen LogP contribution in [-0.4, -0.2) is 24.2 Å². The molecule has 0 amide bonds. The molecule has 110 valence electrons. The molecule has 2 heterocycles. The number of hydrogen-bond donors (Lipinski definition) is 1. The number of halogens is 2. The van der Waals surface area contributed by atoms with Crippen LogP contribution in [0.5, 0.6) is 0 Å². The summed E-state index contributed by atoms with van der Waals surface area (Å²) in [6, 6.07) is 7.71. The van der Waals surface area contributed by atoms with Crippen LogP contribution in [0.15, 0.2) is 36.5 Å². The highest BCUT2D eigenvalue weighted by Gasteiger charge is 2.18. The molecule has 3 rings (SSSR count). The summed E-state index contributed by atoms with van der Waals surface area (Å²) in [4.78, 5) is 4.19. The Hall–Kier alpha value is -1.85. The van der Waals surface area contributed by atoms with Crippen LogP contribution < -0.4 is 5.32 Å². The molecule has 21 heavy (non-hydrogen) atoms. The lowest BCUT2D eigenvalue weighted by Crippen LogP contribution is -2.16. The van der Waals surface area contributed by atoms with Crippen molar-refractivity contribution in [2.75, 3.05) is 13.1 Å². The Morgan fingerprint density at radius 1 is 1.24 bits per heavy atom. The SMILES string of the molecule is Fc1cccc(-c2ncccc2CO[C@H]2CCNC2)c1F. The summed E-state index contributed by atoms with van der Waals surface area (Å²) in [5, 5.41) is 3.22. The number of benzene rings is 1. The van der Waals surface area contributed by atoms with Crippen LogP contribution in [0.2, 0.25) is 0 Å². The highest BCUT2D eigenvalue weighted by atomic mass is 19.2. The smallest absolute Gasteiger partial charge is 0.168 e. The third-order valence-corrected chi connectivity index (χ3v) is 3.59. The van der Waals surface area contributed by atoms with Gasteiger partial charge in [0, 0.05) is 23.9 Å². The summed E-state index contributed by atoms with van der Waals surface area (Å²) in [5.41, 5.74) is 1.35. The lowest BCUT2D eigenvalue weighted by molar-refractivity contribution is 0.0543. The van der Waals surface area contributed by atoms with E-state index in [4.69, 9.17) is 4.74 Å². The summed E-state index contributed by atoms with van der Waals surface area (Å²) >= 11 is 0. The zero-order valence-electron chi connectivity index (χ0n) is 11.5. The van der Waals surface area contributed by atoms with E-state index in [0.717, 1.165) is 31.1 Å². The molecule has 0 radical (unpaired) electrons. The van der Waals surface area contributed by atoms with Crippen LogP contribution in [0.1, 0.15) is 12.0 Å². The maximum atomic E-state index is 13.9. The number of aromatic nitrogens is 1. The van der Waals surface area contributed by atoms with Gasteiger partial charge in [-0.2, -0.15) is 0 Å². The topological polar surface area (TPSA) is 34.1 Å². The number of hydrogen-bond acceptors (Lipinski definition) is 3. The quantitative estimate of drug-likeness (QED) is 0.940. The molecular weight excluding hydrogens is 274 g/mol. The Labute approximate surface area is 122 Å². The van der Waals surface area contributed by atoms with E-state index in [0.29, 0.717) is 12.3 Å². The second-order valence-corrected chi connectivity index (χ2v) is 5.04. The summed E-state index contributed by atoms with van der Waals surface area (Å²) in [7, 11) is 0. The first-order valence-electron chi connectivity index (χ1n) is 6.96. The maximum absolute atomic E-state index is 13.9. The number of pyridine rings is 1. The first-order chi connectivity index (χ1) is 10.3. The van der Waals surface area contributed by atoms with Gasteiger partial charge in [-0.1, -0.05) is 12.1 Å². The van der Waals surface area contributed by atoms with Crippen molar-refractivity contribution >= 4 is 0 Å². The fraction of sp³-hybridized carbons (Fsp3) is 0.312. The first-order valence-corrected chi connectivity index (χ1v) is 6.96. The van der Waals surface area contributed by atoms with Gasteiger partial charge in [0.25, 0.3) is 0 Å². The minimum atomic E-state index is -0.875. The number of nitrogens with zero attached hydrogens (tertiary/aromatic N) is 1. The Morgan fingerprint density at radius 2 is 2.14 bits per heavy atom. The summed E-state index contributed by atoms with van der Waals surface area (Å²) in [6.07, 6.45) is 2.69. The molecule has 2 aromatic rings. The predicted octanol–water partition coefficient (Wildman–Crippen LogP) is 2.91. The van der Waals surface area contributed by atoms with Crippen molar-refractivity contribution in [3.05, 3.63) is 53.7 Å². The summed E-state index contributed by atoms with van der Waals surface area (Å²) in [6.45, 7) is 2.11. The molecule has 1 N–H and O–H groups in total. The lowest BCUT2D eigenvalue weighted by atomic mass is 10.1. The average Bonchev–Trinajstić information content (AvgIpc) is 3.02. The van der Waals surface area contributed by atoms with Gasteiger partial charge < -0.3 is 10.1 Å². The van der Waals surface area contributed by atoms with Crippen LogP contribution in [0.3, 0.4) is 0 Å². The number of ether oxygens (including phenoxy) is 1. The van der Waals surface area contributed by atoms with E-state index in [2.05, 4.69) is 10.3 Å². The van der Waals surface area contributed by atoms with E-state index < -0.39 is 11.6 Å². The van der Waals surface area contributed by atoms with Gasteiger partial charge in [-0.15, -0.1) is 0 Å². The maximum Gasteiger partial charge on any atom is 0.168 e. The monoisotopic (exact) mass is 290 g/mol. The third kappa shape index (κ3) is 3.09. The zero-order chi connectivity index (χ0) is 14.7. The van der Waals surface area contributed by atoms with Gasteiger partial charge in [0.15, 0.2) is 11.6 Å². The van der Waals surface area contributed by atoms with Crippen molar-refractivity contribution in [3.63, 3.8) is 0 Å². The van der Waals surface area contributed by atoms with Crippen LogP contribution >= 0.6 is 0 Å². The summed E-state index contributed by atoms with van der Waals surface area (Å²) in [5.74, 6) is -1.75. The Balaban J connectivity index is 1.86. The largest absolute Gasteiger partial charge is 0.372 e. The second-order valence-electron chi connectivity index (χ2n) is 5.04. The van der Waals surface area contributed by atoms with E-state index in [1.54, 1.807) is 12.3 Å². The van der Waals surface area contributed by atoms with Crippen molar-refractivity contribution < 1.29 is 13.5 Å². The van der Waals surface area contributed by atoms with Crippen molar-refractivity contribution in [2.45, 2.75) is 19.1 Å². The van der Waals surface area contributed by atoms with E-state index in [1.807, 2.05) is 6.07 Å². The molecule has 1 aliphatic rings. The molecular formula is C16H16F2N2O. The van der Waals surface area contributed by atoms with Gasteiger partial charge in [0.2, 0.25) is 0 Å². The minimum Gasteiger partial charge on any atom is -0.372 e. The van der Waals surface area contributed by atoms with E-state index in [9.17, 15) is 8.78 Å². The van der Waals surface area contributed by atoms with Crippen molar-refractivity contribution in [1.82, 2.24) is 10.3 Å². The fourth-order valence-electron chi connectivity index (χ4n) is 2.46. The molecule has 0 saturated carbocycles. The standard InChI is InChI=1S/C16H16F2N2O/c17-14-5-1-4-13(15(14)18)16-11(3-2-7-20-16)10-21-12-6-8-19-9-12/h1-5,7,12,19H,6,8-10H2/t12-/m0/s1. The fourth-order valence-corrected chi connectivity index (χ4v) is 2.46. The van der Waals surface area contributed by atoms with Crippen molar-refractivity contribution in [3.8, 4) is 11.3 Å². The Kier molecular flexibility index (Phi) is 4.22. The molecule has 5 heteroatoms. The first kappa shape index (κ1) is 14.1. The van der Waals surface area contributed by atoms with Gasteiger partial charge in [0.1, 0.15) is 0 Å². The molecule has 1 aromatic heterocycles. The van der Waals surface area contributed by atoms with Gasteiger partial charge in [-0.25, -0.2) is 8.78 Å². The van der Waals surface area contributed by atoms with Crippen LogP contribution in [0, 0.1) is 11.6 Å². The van der Waals surface area contributed by atoms with Crippen LogP contribution in [0.4, 0.5) is 8.78 Å². The second kappa shape index (κ2) is 6.28. The van der Waals surface area contributed by atoms with E-state index in [-0.39, 0.29) is 11.7 Å². The van der Waals surface area contributed by atoms with Gasteiger partial charge in [-0.05, 0) is 31.2 Å². The minimum absolute atomic E-state index is 0.162. The number of nitrogens with one attached hydrogen (secondary N) is 1. The molecule has 1 fully saturated rings. The van der Waals surface area contributed by atoms with Crippen molar-refractivity contribution in [2.24, 2.45) is 0 Å². The normalized spacial score (nSPS) is 18.1. The summed E-state index contributed by atoms with van der Waals surface area (Å²) < 4.78 is 33.1. The van der Waals surface area contributed by atoms with E-state index in [1.165, 1.54) is 12.1 Å². The lowest BCUT2D eigenvalue weighted by Gasteiger charge is -2.13. The van der Waals surface area contributed by atoms with Gasteiger partial charge in [-0.3, -0.25) is 4.98 Å². The zero-order valence-corrected chi connectivity index (χ0v) is 11.5. The Morgan fingerprint density at radius 3 is 2.95 bits per heavy atom. The van der Waals surface area contributed by atoms with E-state index >= 15 is 0 Å². The molecule has 0 bridgehead atoms. The molecule has 1 aromatic carbocycles. The van der Waals surface area contributed by atoms with Gasteiger partial charge in [0.05, 0.1) is 18.4 Å². The highest BCUT2D eigenvalue weighted by Crippen LogP contribution is 2.26. The third-order valence-electron chi connectivity index (χ3n) is 3.59. The highest BCUT2D eigenvalue weighted by molar-refractivity contribution is 5.63. The molecule has 3 nitrogen and oxygen atoms in total. The number of rotatable bonds is 4. The average molecular weight is 290 g/mol. The molecule has 0 aliphatic carbocycles.